The van der Waals surface area contributed by atoms with E-state index in [1.54, 1.807) is 12.1 Å². The predicted octanol–water partition coefficient (Wildman–Crippen LogP) is 1.74. The zero-order chi connectivity index (χ0) is 14.7. The van der Waals surface area contributed by atoms with Crippen molar-refractivity contribution in [1.82, 2.24) is 5.32 Å². The monoisotopic (exact) mass is 284 g/mol. The van der Waals surface area contributed by atoms with Crippen molar-refractivity contribution in [3.8, 4) is 17.9 Å². The molecule has 0 spiro atoms. The van der Waals surface area contributed by atoms with E-state index in [0.717, 1.165) is 0 Å². The van der Waals surface area contributed by atoms with Gasteiger partial charge in [0.05, 0.1) is 41.3 Å². The number of hydrogen-bond donors (Lipinski definition) is 3. The minimum Gasteiger partial charge on any atom is -0.496 e. The van der Waals surface area contributed by atoms with Crippen LogP contribution in [-0.4, -0.2) is 7.11 Å². The molecule has 0 aromatic heterocycles. The van der Waals surface area contributed by atoms with Crippen LogP contribution >= 0.6 is 12.6 Å². The van der Waals surface area contributed by atoms with Gasteiger partial charge in [0.1, 0.15) is 11.6 Å². The molecule has 1 aromatic rings. The molecule has 0 radical (unpaired) electrons. The molecule has 3 N–H and O–H groups in total. The minimum absolute atomic E-state index is 0.201. The Morgan fingerprint density at radius 1 is 1.25 bits per heavy atom. The van der Waals surface area contributed by atoms with E-state index in [4.69, 9.17) is 10.5 Å². The van der Waals surface area contributed by atoms with Crippen molar-refractivity contribution in [1.29, 1.82) is 10.5 Å². The van der Waals surface area contributed by atoms with Crippen molar-refractivity contribution in [2.24, 2.45) is 5.73 Å². The Morgan fingerprint density at radius 3 is 2.50 bits per heavy atom. The van der Waals surface area contributed by atoms with Crippen LogP contribution in [-0.2, 0) is 0 Å². The van der Waals surface area contributed by atoms with Crippen LogP contribution in [0.5, 0.6) is 5.75 Å². The molecule has 1 aliphatic rings. The summed E-state index contributed by atoms with van der Waals surface area (Å²) in [6.45, 7) is 0. The molecule has 1 atom stereocenters. The highest BCUT2D eigenvalue weighted by Crippen LogP contribution is 2.40. The molecule has 1 heterocycles. The highest BCUT2D eigenvalue weighted by atomic mass is 32.1. The lowest BCUT2D eigenvalue weighted by Gasteiger charge is -2.26. The highest BCUT2D eigenvalue weighted by molar-refractivity contribution is 7.84. The number of dihydropyridines is 1. The molecule has 6 heteroatoms. The molecule has 0 bridgehead atoms. The number of hydrogen-bond acceptors (Lipinski definition) is 6. The number of nitrogens with two attached hydrogens (primary N) is 1. The summed E-state index contributed by atoms with van der Waals surface area (Å²) in [6.07, 6.45) is 0. The van der Waals surface area contributed by atoms with Gasteiger partial charge in [-0.2, -0.15) is 10.5 Å². The van der Waals surface area contributed by atoms with E-state index in [9.17, 15) is 10.5 Å². The van der Waals surface area contributed by atoms with Gasteiger partial charge >= 0.3 is 0 Å². The standard InChI is InChI=1S/C14H12N4OS/c1-19-11-5-3-2-4-8(11)12-9(6-15)13(17)18-14(20)10(12)7-16/h2-5,12,18,20H,17H2,1H3/t12-/m0/s1. The fraction of sp³-hybridized carbons (Fsp3) is 0.143. The number of nitriles is 2. The third kappa shape index (κ3) is 2.18. The molecule has 2 rings (SSSR count). The number of nitrogens with one attached hydrogen (secondary N) is 1. The summed E-state index contributed by atoms with van der Waals surface area (Å²) >= 11 is 4.23. The Bertz CT molecular complexity index is 658. The fourth-order valence-corrected chi connectivity index (χ4v) is 2.46. The molecule has 0 amide bonds. The molecule has 1 aliphatic heterocycles. The zero-order valence-electron chi connectivity index (χ0n) is 10.7. The molecule has 20 heavy (non-hydrogen) atoms. The van der Waals surface area contributed by atoms with Crippen molar-refractivity contribution in [2.45, 2.75) is 5.92 Å². The van der Waals surface area contributed by atoms with Crippen LogP contribution in [0, 0.1) is 22.7 Å². The summed E-state index contributed by atoms with van der Waals surface area (Å²) in [5.41, 5.74) is 7.15. The molecule has 1 aromatic carbocycles. The van der Waals surface area contributed by atoms with Gasteiger partial charge < -0.3 is 15.8 Å². The Hall–Kier alpha value is -2.57. The second-order valence-electron chi connectivity index (χ2n) is 4.11. The normalized spacial score (nSPS) is 18.1. The number of rotatable bonds is 2. The maximum absolute atomic E-state index is 9.35. The van der Waals surface area contributed by atoms with Gasteiger partial charge in [-0.25, -0.2) is 0 Å². The zero-order valence-corrected chi connectivity index (χ0v) is 11.6. The third-order valence-electron chi connectivity index (χ3n) is 3.07. The molecule has 5 nitrogen and oxygen atoms in total. The summed E-state index contributed by atoms with van der Waals surface area (Å²) in [4.78, 5) is 0. The van der Waals surface area contributed by atoms with Crippen LogP contribution < -0.4 is 15.8 Å². The molecular formula is C14H12N4OS. The van der Waals surface area contributed by atoms with Crippen molar-refractivity contribution in [3.63, 3.8) is 0 Å². The Kier molecular flexibility index (Phi) is 3.88. The minimum atomic E-state index is -0.574. The Labute approximate surface area is 122 Å². The van der Waals surface area contributed by atoms with Crippen molar-refractivity contribution in [3.05, 3.63) is 51.8 Å². The van der Waals surface area contributed by atoms with E-state index in [1.807, 2.05) is 12.1 Å². The number of benzene rings is 1. The maximum atomic E-state index is 9.35. The van der Waals surface area contributed by atoms with E-state index in [1.165, 1.54) is 7.11 Å². The summed E-state index contributed by atoms with van der Waals surface area (Å²) in [5.74, 6) is 0.219. The van der Waals surface area contributed by atoms with E-state index < -0.39 is 5.92 Å². The molecular weight excluding hydrogens is 272 g/mol. The van der Waals surface area contributed by atoms with E-state index in [0.29, 0.717) is 21.9 Å². The number of allylic oxidation sites excluding steroid dienone is 2. The van der Waals surface area contributed by atoms with Crippen LogP contribution in [0.1, 0.15) is 11.5 Å². The van der Waals surface area contributed by atoms with Crippen molar-refractivity contribution < 1.29 is 4.74 Å². The maximum Gasteiger partial charge on any atom is 0.123 e. The lowest BCUT2D eigenvalue weighted by atomic mass is 9.83. The number of ether oxygens (including phenoxy) is 1. The second-order valence-corrected chi connectivity index (χ2v) is 4.56. The molecule has 0 unspecified atom stereocenters. The average molecular weight is 284 g/mol. The summed E-state index contributed by atoms with van der Waals surface area (Å²) in [5, 5.41) is 21.8. The van der Waals surface area contributed by atoms with E-state index in [2.05, 4.69) is 30.1 Å². The smallest absolute Gasteiger partial charge is 0.123 e. The van der Waals surface area contributed by atoms with Crippen LogP contribution in [0.25, 0.3) is 0 Å². The van der Waals surface area contributed by atoms with Gasteiger partial charge in [-0.05, 0) is 6.07 Å². The molecule has 100 valence electrons. The predicted molar refractivity (Wildman–Crippen MR) is 77.3 cm³/mol. The SMILES string of the molecule is COc1ccccc1[C@H]1C(C#N)=C(N)NC(S)=C1C#N. The average Bonchev–Trinajstić information content (AvgIpc) is 2.46. The number of methoxy groups -OCH3 is 1. The van der Waals surface area contributed by atoms with Gasteiger partial charge in [0, 0.05) is 5.56 Å². The fourth-order valence-electron chi connectivity index (χ4n) is 2.16. The second kappa shape index (κ2) is 5.60. The van der Waals surface area contributed by atoms with Crippen molar-refractivity contribution >= 4 is 12.6 Å². The van der Waals surface area contributed by atoms with Gasteiger partial charge in [-0.1, -0.05) is 18.2 Å². The first-order valence-corrected chi connectivity index (χ1v) is 6.21. The third-order valence-corrected chi connectivity index (χ3v) is 3.42. The first-order chi connectivity index (χ1) is 9.63. The van der Waals surface area contributed by atoms with E-state index >= 15 is 0 Å². The number of nitrogens with zero attached hydrogens (tertiary/aromatic N) is 2. The van der Waals surface area contributed by atoms with Crippen LogP contribution in [0.4, 0.5) is 0 Å². The van der Waals surface area contributed by atoms with Gasteiger partial charge in [0.2, 0.25) is 0 Å². The Morgan fingerprint density at radius 2 is 1.90 bits per heavy atom. The lowest BCUT2D eigenvalue weighted by Crippen LogP contribution is -2.28. The summed E-state index contributed by atoms with van der Waals surface area (Å²) in [6, 6.07) is 11.4. The topological polar surface area (TPSA) is 94.9 Å². The van der Waals surface area contributed by atoms with Crippen molar-refractivity contribution in [2.75, 3.05) is 7.11 Å². The van der Waals surface area contributed by atoms with Gasteiger partial charge in [0.25, 0.3) is 0 Å². The van der Waals surface area contributed by atoms with Crippen LogP contribution in [0.15, 0.2) is 46.3 Å². The van der Waals surface area contributed by atoms with Crippen LogP contribution in [0.2, 0.25) is 0 Å². The molecule has 0 fully saturated rings. The molecule has 0 saturated heterocycles. The molecule has 0 saturated carbocycles. The summed E-state index contributed by atoms with van der Waals surface area (Å²) in [7, 11) is 1.54. The largest absolute Gasteiger partial charge is 0.496 e. The van der Waals surface area contributed by atoms with Gasteiger partial charge in [-0.15, -0.1) is 12.6 Å². The first-order valence-electron chi connectivity index (χ1n) is 5.77. The van der Waals surface area contributed by atoms with E-state index in [-0.39, 0.29) is 11.4 Å². The highest BCUT2D eigenvalue weighted by Gasteiger charge is 2.32. The number of para-hydroxylation sites is 1. The quantitative estimate of drug-likeness (QED) is 0.719. The van der Waals surface area contributed by atoms with Gasteiger partial charge in [0.15, 0.2) is 0 Å². The lowest BCUT2D eigenvalue weighted by molar-refractivity contribution is 0.409. The molecule has 0 aliphatic carbocycles. The number of thiol groups is 1. The Balaban J connectivity index is 2.69. The first kappa shape index (κ1) is 13.9. The van der Waals surface area contributed by atoms with Crippen LogP contribution in [0.3, 0.4) is 0 Å². The van der Waals surface area contributed by atoms with Gasteiger partial charge in [-0.3, -0.25) is 0 Å². The summed E-state index contributed by atoms with van der Waals surface area (Å²) < 4.78 is 5.30.